The Hall–Kier alpha value is -1.70. The first-order chi connectivity index (χ1) is 9.24. The van der Waals surface area contributed by atoms with Gasteiger partial charge in [-0.2, -0.15) is 5.10 Å². The maximum Gasteiger partial charge on any atom is 0.130 e. The van der Waals surface area contributed by atoms with Crippen LogP contribution in [0.4, 0.5) is 0 Å². The summed E-state index contributed by atoms with van der Waals surface area (Å²) in [6.07, 6.45) is 3.95. The normalized spacial score (nSPS) is 11.5. The van der Waals surface area contributed by atoms with Crippen molar-refractivity contribution in [2.24, 2.45) is 0 Å². The molecule has 0 saturated carbocycles. The summed E-state index contributed by atoms with van der Waals surface area (Å²) in [7, 11) is 2.55. The molecule has 0 saturated heterocycles. The van der Waals surface area contributed by atoms with E-state index in [0.717, 1.165) is 22.3 Å². The molecule has 19 heavy (non-hydrogen) atoms. The van der Waals surface area contributed by atoms with Crippen molar-refractivity contribution in [3.05, 3.63) is 58.9 Å². The van der Waals surface area contributed by atoms with Crippen LogP contribution < -0.4 is 0 Å². The number of fused-ring (bicyclic) bond motifs is 1. The lowest BCUT2D eigenvalue weighted by Crippen LogP contribution is -1.80. The molecule has 1 unspecified atom stereocenters. The molecule has 0 fully saturated rings. The minimum Gasteiger partial charge on any atom is -0.248 e. The second kappa shape index (κ2) is 5.12. The third-order valence-corrected chi connectivity index (χ3v) is 3.38. The Morgan fingerprint density at radius 3 is 2.63 bits per heavy atom. The monoisotopic (exact) mass is 287 g/mol. The predicted molar refractivity (Wildman–Crippen MR) is 83.0 cm³/mol. The summed E-state index contributed by atoms with van der Waals surface area (Å²) < 4.78 is 1.73. The summed E-state index contributed by atoms with van der Waals surface area (Å²) in [5, 5.41) is 4.89. The number of benzene rings is 1. The summed E-state index contributed by atoms with van der Waals surface area (Å²) in [5.74, 6) is 0. The van der Waals surface area contributed by atoms with Crippen LogP contribution in [0, 0.1) is 0 Å². The van der Waals surface area contributed by atoms with Crippen LogP contribution in [0.2, 0.25) is 5.15 Å². The Morgan fingerprint density at radius 1 is 1.05 bits per heavy atom. The van der Waals surface area contributed by atoms with Crippen LogP contribution in [0.25, 0.3) is 23.2 Å². The lowest BCUT2D eigenvalue weighted by atomic mass is 10.2. The Bertz CT molecular complexity index is 750. The highest BCUT2D eigenvalue weighted by molar-refractivity contribution is 7.14. The topological polar surface area (TPSA) is 30.7 Å². The van der Waals surface area contributed by atoms with Crippen molar-refractivity contribution in [1.29, 1.82) is 0 Å². The van der Waals surface area contributed by atoms with E-state index < -0.39 is 0 Å². The summed E-state index contributed by atoms with van der Waals surface area (Å²) in [6, 6.07) is 13.7. The quantitative estimate of drug-likeness (QED) is 0.529. The van der Waals surface area contributed by atoms with Gasteiger partial charge in [-0.05, 0) is 33.2 Å². The number of rotatable bonds is 2. The van der Waals surface area contributed by atoms with Gasteiger partial charge in [0.25, 0.3) is 0 Å². The van der Waals surface area contributed by atoms with Crippen LogP contribution in [0.5, 0.6) is 0 Å². The second-order valence-electron chi connectivity index (χ2n) is 4.08. The van der Waals surface area contributed by atoms with Gasteiger partial charge in [0.1, 0.15) is 16.4 Å². The van der Waals surface area contributed by atoms with Crippen LogP contribution in [-0.4, -0.2) is 14.5 Å². The smallest absolute Gasteiger partial charge is 0.130 e. The third-order valence-electron chi connectivity index (χ3n) is 2.78. The first-order valence-electron chi connectivity index (χ1n) is 5.77. The van der Waals surface area contributed by atoms with Gasteiger partial charge in [0.15, 0.2) is 0 Å². The highest BCUT2D eigenvalue weighted by Crippen LogP contribution is 2.22. The van der Waals surface area contributed by atoms with E-state index in [2.05, 4.69) is 19.5 Å². The number of halogens is 1. The zero-order valence-electron chi connectivity index (χ0n) is 9.99. The van der Waals surface area contributed by atoms with Gasteiger partial charge < -0.3 is 0 Å². The van der Waals surface area contributed by atoms with Crippen molar-refractivity contribution >= 4 is 44.2 Å². The van der Waals surface area contributed by atoms with Gasteiger partial charge in [0.2, 0.25) is 0 Å². The van der Waals surface area contributed by atoms with Gasteiger partial charge in [-0.1, -0.05) is 48.0 Å². The van der Waals surface area contributed by atoms with E-state index in [9.17, 15) is 0 Å². The molecule has 0 aliphatic rings. The van der Waals surface area contributed by atoms with Crippen LogP contribution in [0.15, 0.2) is 42.5 Å². The third kappa shape index (κ3) is 2.53. The molecule has 2 heterocycles. The molecule has 3 rings (SSSR count). The Morgan fingerprint density at radius 2 is 1.84 bits per heavy atom. The van der Waals surface area contributed by atoms with Crippen molar-refractivity contribution in [3.8, 4) is 0 Å². The number of hydrogen-bond acceptors (Lipinski definition) is 2. The molecule has 0 spiro atoms. The van der Waals surface area contributed by atoms with E-state index in [1.165, 1.54) is 0 Å². The Balaban J connectivity index is 2.06. The molecule has 0 aliphatic heterocycles. The van der Waals surface area contributed by atoms with Gasteiger partial charge in [-0.15, -0.1) is 0 Å². The van der Waals surface area contributed by atoms with Crippen LogP contribution in [0.1, 0.15) is 11.3 Å². The molecule has 2 aromatic heterocycles. The van der Waals surface area contributed by atoms with Gasteiger partial charge in [-0.25, -0.2) is 9.44 Å². The van der Waals surface area contributed by atoms with Gasteiger partial charge in [0, 0.05) is 0 Å². The number of nitrogens with zero attached hydrogens (tertiary/aromatic N) is 3. The molecule has 0 radical (unpaired) electrons. The van der Waals surface area contributed by atoms with Crippen molar-refractivity contribution < 1.29 is 0 Å². The number of hydrogen-bond donors (Lipinski definition) is 0. The molecule has 1 aromatic carbocycles. The van der Waals surface area contributed by atoms with E-state index in [4.69, 9.17) is 11.6 Å². The summed E-state index contributed by atoms with van der Waals surface area (Å²) >= 11 is 5.94. The van der Waals surface area contributed by atoms with E-state index in [-0.39, 0.29) is 0 Å². The summed E-state index contributed by atoms with van der Waals surface area (Å²) in [5.41, 5.74) is 3.66. The molecular formula is C14H11ClN3P. The average molecular weight is 288 g/mol. The van der Waals surface area contributed by atoms with E-state index in [0.29, 0.717) is 5.15 Å². The minimum absolute atomic E-state index is 0.472. The van der Waals surface area contributed by atoms with Crippen molar-refractivity contribution in [1.82, 2.24) is 14.5 Å². The maximum absolute atomic E-state index is 5.94. The molecule has 0 amide bonds. The van der Waals surface area contributed by atoms with Crippen LogP contribution in [0.3, 0.4) is 0 Å². The zero-order valence-corrected chi connectivity index (χ0v) is 11.9. The fourth-order valence-electron chi connectivity index (χ4n) is 1.87. The molecule has 3 nitrogen and oxygen atoms in total. The fraction of sp³-hybridized carbons (Fsp3) is 0. The van der Waals surface area contributed by atoms with E-state index >= 15 is 0 Å². The Kier molecular flexibility index (Phi) is 3.33. The summed E-state index contributed by atoms with van der Waals surface area (Å²) in [4.78, 5) is 4.33. The van der Waals surface area contributed by atoms with E-state index in [1.807, 2.05) is 48.6 Å². The molecule has 0 aliphatic carbocycles. The minimum atomic E-state index is 0.472. The van der Waals surface area contributed by atoms with Gasteiger partial charge in [-0.3, -0.25) is 0 Å². The van der Waals surface area contributed by atoms with Crippen LogP contribution in [-0.2, 0) is 0 Å². The largest absolute Gasteiger partial charge is 0.248 e. The Labute approximate surface area is 118 Å². The fourth-order valence-corrected chi connectivity index (χ4v) is 2.35. The van der Waals surface area contributed by atoms with E-state index in [1.54, 1.807) is 10.5 Å². The maximum atomic E-state index is 5.94. The highest BCUT2D eigenvalue weighted by atomic mass is 35.5. The van der Waals surface area contributed by atoms with Crippen molar-refractivity contribution in [3.63, 3.8) is 0 Å². The van der Waals surface area contributed by atoms with Gasteiger partial charge in [0.05, 0.1) is 5.52 Å². The molecule has 94 valence electrons. The zero-order chi connectivity index (χ0) is 13.2. The summed E-state index contributed by atoms with van der Waals surface area (Å²) in [6.45, 7) is 0. The van der Waals surface area contributed by atoms with Gasteiger partial charge >= 0.3 is 0 Å². The van der Waals surface area contributed by atoms with Crippen molar-refractivity contribution in [2.75, 3.05) is 0 Å². The second-order valence-corrected chi connectivity index (χ2v) is 4.95. The average Bonchev–Trinajstić information content (AvgIpc) is 2.74. The first-order valence-corrected chi connectivity index (χ1v) is 6.67. The molecular weight excluding hydrogens is 277 g/mol. The number of pyridine rings is 1. The highest BCUT2D eigenvalue weighted by Gasteiger charge is 2.07. The van der Waals surface area contributed by atoms with Crippen LogP contribution >= 0.6 is 21.0 Å². The lowest BCUT2D eigenvalue weighted by Gasteiger charge is -1.93. The lowest BCUT2D eigenvalue weighted by molar-refractivity contribution is 1.03. The van der Waals surface area contributed by atoms with Crippen molar-refractivity contribution in [2.45, 2.75) is 0 Å². The predicted octanol–water partition coefficient (Wildman–Crippen LogP) is 3.89. The molecule has 0 bridgehead atoms. The molecule has 5 heteroatoms. The SMILES string of the molecule is Pn1nc(/C=C/c2ccccc2)c2nc(Cl)ccc21. The first kappa shape index (κ1) is 12.3. The molecule has 3 aromatic rings. The molecule has 1 atom stereocenters. The number of aromatic nitrogens is 3. The standard InChI is InChI=1S/C14H11ClN3P/c15-13-9-8-12-14(16-13)11(17-18(12)19)7-6-10-4-2-1-3-5-10/h1-9H,19H2/b7-6+. The molecule has 0 N–H and O–H groups in total.